The molecule has 0 bridgehead atoms. The fourth-order valence-electron chi connectivity index (χ4n) is 4.26. The number of benzene rings is 1. The van der Waals surface area contributed by atoms with Crippen LogP contribution in [0.1, 0.15) is 18.5 Å². The van der Waals surface area contributed by atoms with Crippen LogP contribution >= 0.6 is 0 Å². The molecule has 10 nitrogen and oxygen atoms in total. The number of halogens is 3. The molecule has 210 valence electrons. The molecule has 0 saturated carbocycles. The van der Waals surface area contributed by atoms with Crippen molar-refractivity contribution in [1.29, 1.82) is 0 Å². The van der Waals surface area contributed by atoms with E-state index in [9.17, 15) is 27.6 Å². The van der Waals surface area contributed by atoms with Crippen LogP contribution in [0.5, 0.6) is 0 Å². The predicted octanol–water partition coefficient (Wildman–Crippen LogP) is 3.09. The fourth-order valence-corrected chi connectivity index (χ4v) is 4.26. The maximum absolute atomic E-state index is 13.5. The first-order chi connectivity index (χ1) is 18.7. The molecule has 1 aliphatic heterocycles. The van der Waals surface area contributed by atoms with Gasteiger partial charge in [0, 0.05) is 27.9 Å². The first-order valence-corrected chi connectivity index (χ1v) is 12.2. The second-order valence-corrected chi connectivity index (χ2v) is 8.80. The van der Waals surface area contributed by atoms with Gasteiger partial charge in [-0.1, -0.05) is 18.2 Å². The number of pyridine rings is 1. The van der Waals surface area contributed by atoms with Crippen molar-refractivity contribution >= 4 is 34.1 Å². The average molecular weight is 553 g/mol. The third kappa shape index (κ3) is 7.05. The number of aliphatic hydroxyl groups is 1. The zero-order valence-electron chi connectivity index (χ0n) is 20.8. The Hall–Kier alpha value is -3.68. The Balaban J connectivity index is 1.41. The Bertz CT molecular complexity index is 1330. The largest absolute Gasteiger partial charge is 0.460 e. The monoisotopic (exact) mass is 552 g/mol. The number of nitrogens with zero attached hydrogens (tertiary/aromatic N) is 1. The molecule has 1 aromatic carbocycles. The van der Waals surface area contributed by atoms with E-state index < -0.39 is 35.5 Å². The van der Waals surface area contributed by atoms with Gasteiger partial charge in [-0.3, -0.25) is 9.69 Å². The molecule has 13 heteroatoms. The van der Waals surface area contributed by atoms with E-state index in [0.717, 1.165) is 0 Å². The lowest BCUT2D eigenvalue weighted by atomic mass is 9.94. The molecule has 0 unspecified atom stereocenters. The maximum Gasteiger partial charge on any atom is 0.414 e. The summed E-state index contributed by atoms with van der Waals surface area (Å²) in [6.07, 6.45) is -2.88. The van der Waals surface area contributed by atoms with Gasteiger partial charge in [0.05, 0.1) is 33.0 Å². The van der Waals surface area contributed by atoms with Gasteiger partial charge in [0.25, 0.3) is 5.56 Å². The van der Waals surface area contributed by atoms with Gasteiger partial charge in [-0.2, -0.15) is 13.2 Å². The van der Waals surface area contributed by atoms with Crippen molar-refractivity contribution in [3.8, 4) is 0 Å². The second-order valence-electron chi connectivity index (χ2n) is 8.80. The van der Waals surface area contributed by atoms with Crippen LogP contribution in [-0.2, 0) is 23.7 Å². The molecular weight excluding hydrogens is 525 g/mol. The third-order valence-electron chi connectivity index (χ3n) is 6.08. The number of hydrogen-bond donors (Lipinski definition) is 2. The molecule has 39 heavy (non-hydrogen) atoms. The molecule has 4 rings (SSSR count). The summed E-state index contributed by atoms with van der Waals surface area (Å²) < 4.78 is 61.0. The lowest BCUT2D eigenvalue weighted by Gasteiger charge is -2.19. The Morgan fingerprint density at radius 2 is 1.95 bits per heavy atom. The first-order valence-electron chi connectivity index (χ1n) is 12.2. The average Bonchev–Trinajstić information content (AvgIpc) is 3.29. The molecule has 1 aromatic heterocycles. The Morgan fingerprint density at radius 3 is 2.72 bits per heavy atom. The number of cyclic esters (lactones) is 1. The summed E-state index contributed by atoms with van der Waals surface area (Å²) in [4.78, 5) is 40.9. The molecule has 1 atom stereocenters. The number of aromatic nitrogens is 1. The Labute approximate surface area is 220 Å². The number of fused-ring (bicyclic) bond motifs is 1. The number of aliphatic hydroxyl groups excluding tert-OH is 1. The number of carbonyl (C=O) groups excluding carboxylic acids is 2. The van der Waals surface area contributed by atoms with Crippen molar-refractivity contribution in [2.45, 2.75) is 25.1 Å². The Kier molecular flexibility index (Phi) is 9.04. The number of nitrogens with one attached hydrogen (secondary N) is 1. The highest BCUT2D eigenvalue weighted by atomic mass is 19.4. The van der Waals surface area contributed by atoms with Gasteiger partial charge >= 0.3 is 18.2 Å². The van der Waals surface area contributed by atoms with Crippen molar-refractivity contribution in [3.63, 3.8) is 0 Å². The quantitative estimate of drug-likeness (QED) is 0.322. The molecule has 2 aliphatic rings. The zero-order chi connectivity index (χ0) is 28.0. The topological polar surface area (TPSA) is 127 Å². The smallest absolute Gasteiger partial charge is 0.414 e. The van der Waals surface area contributed by atoms with Crippen LogP contribution in [-0.4, -0.2) is 80.6 Å². The standard InChI is InChI=1S/C26H27F3N2O8/c27-26(28,29)21-4-2-1-3-19(21)22-11-16-5-6-17(12-20(16)24(34)30-22)31-13-18(39-25(31)35)14-38-23(33)15-37-10-9-36-8-7-32/h1,3,5-6,11-12,18,32H,2,4,7-10,13-15H2,(H,30,34)/t18-/m0/s1. The minimum absolute atomic E-state index is 0.0517. The molecule has 1 aliphatic carbocycles. The van der Waals surface area contributed by atoms with Crippen molar-refractivity contribution in [2.75, 3.05) is 51.1 Å². The van der Waals surface area contributed by atoms with E-state index in [1.807, 2.05) is 0 Å². The zero-order valence-corrected chi connectivity index (χ0v) is 20.8. The minimum atomic E-state index is -4.51. The number of carbonyl (C=O) groups is 2. The highest BCUT2D eigenvalue weighted by Crippen LogP contribution is 2.38. The SMILES string of the molecule is O=C(COCCOCCO)OC[C@@H]1CN(c2ccc3cc(C4=C(C(F)(F)F)CCC=C4)[nH]c(=O)c3c2)C(=O)O1. The number of anilines is 1. The van der Waals surface area contributed by atoms with Gasteiger partial charge < -0.3 is 29.0 Å². The molecule has 0 radical (unpaired) electrons. The summed E-state index contributed by atoms with van der Waals surface area (Å²) in [5.74, 6) is -0.656. The van der Waals surface area contributed by atoms with Crippen molar-refractivity contribution in [1.82, 2.24) is 4.98 Å². The van der Waals surface area contributed by atoms with E-state index in [1.54, 1.807) is 18.2 Å². The lowest BCUT2D eigenvalue weighted by Crippen LogP contribution is -2.27. The molecule has 2 aromatic rings. The third-order valence-corrected chi connectivity index (χ3v) is 6.08. The number of H-pyrrole nitrogens is 1. The summed E-state index contributed by atoms with van der Waals surface area (Å²) in [6, 6.07) is 6.04. The number of esters is 1. The number of hydrogen-bond acceptors (Lipinski definition) is 8. The highest BCUT2D eigenvalue weighted by Gasteiger charge is 2.37. The van der Waals surface area contributed by atoms with E-state index in [2.05, 4.69) is 4.98 Å². The van der Waals surface area contributed by atoms with Crippen molar-refractivity contribution < 1.29 is 46.8 Å². The molecule has 2 heterocycles. The van der Waals surface area contributed by atoms with Crippen molar-refractivity contribution in [3.05, 3.63) is 58.0 Å². The molecule has 1 saturated heterocycles. The summed E-state index contributed by atoms with van der Waals surface area (Å²) in [5, 5.41) is 9.21. The molecular formula is C26H27F3N2O8. The van der Waals surface area contributed by atoms with E-state index in [0.29, 0.717) is 11.1 Å². The van der Waals surface area contributed by atoms with Gasteiger partial charge in [-0.15, -0.1) is 0 Å². The van der Waals surface area contributed by atoms with Gasteiger partial charge in [-0.25, -0.2) is 9.59 Å². The summed E-state index contributed by atoms with van der Waals surface area (Å²) >= 11 is 0. The van der Waals surface area contributed by atoms with Crippen LogP contribution in [0, 0.1) is 0 Å². The van der Waals surface area contributed by atoms with Gasteiger partial charge in [0.2, 0.25) is 0 Å². The van der Waals surface area contributed by atoms with E-state index in [1.165, 1.54) is 23.1 Å². The Morgan fingerprint density at radius 1 is 1.15 bits per heavy atom. The van der Waals surface area contributed by atoms with E-state index in [4.69, 9.17) is 24.1 Å². The lowest BCUT2D eigenvalue weighted by molar-refractivity contribution is -0.151. The van der Waals surface area contributed by atoms with Crippen LogP contribution < -0.4 is 10.5 Å². The summed E-state index contributed by atoms with van der Waals surface area (Å²) in [5.41, 5.74) is -0.956. The predicted molar refractivity (Wildman–Crippen MR) is 133 cm³/mol. The van der Waals surface area contributed by atoms with Crippen LogP contribution in [0.25, 0.3) is 16.3 Å². The number of allylic oxidation sites excluding steroid dienone is 4. The van der Waals surface area contributed by atoms with Gasteiger partial charge in [0.15, 0.2) is 6.10 Å². The van der Waals surface area contributed by atoms with Gasteiger partial charge in [0.1, 0.15) is 13.2 Å². The molecule has 2 N–H and O–H groups in total. The maximum atomic E-state index is 13.5. The fraction of sp³-hybridized carbons (Fsp3) is 0.423. The van der Waals surface area contributed by atoms with Crippen LogP contribution in [0.15, 0.2) is 46.8 Å². The number of ether oxygens (including phenoxy) is 4. The summed E-state index contributed by atoms with van der Waals surface area (Å²) in [6.45, 7) is -0.0619. The van der Waals surface area contributed by atoms with Crippen LogP contribution in [0.2, 0.25) is 0 Å². The number of amides is 1. The van der Waals surface area contributed by atoms with E-state index >= 15 is 0 Å². The van der Waals surface area contributed by atoms with Crippen molar-refractivity contribution in [2.24, 2.45) is 0 Å². The first kappa shape index (κ1) is 28.3. The minimum Gasteiger partial charge on any atom is -0.460 e. The van der Waals surface area contributed by atoms with Gasteiger partial charge in [-0.05, 0) is 36.4 Å². The number of aromatic amines is 1. The van der Waals surface area contributed by atoms with Crippen LogP contribution in [0.3, 0.4) is 0 Å². The normalized spacial score (nSPS) is 17.7. The van der Waals surface area contributed by atoms with E-state index in [-0.39, 0.29) is 75.7 Å². The highest BCUT2D eigenvalue weighted by molar-refractivity contribution is 5.95. The second kappa shape index (κ2) is 12.5. The summed E-state index contributed by atoms with van der Waals surface area (Å²) in [7, 11) is 0. The number of alkyl halides is 3. The molecule has 1 fully saturated rings. The van der Waals surface area contributed by atoms with Crippen LogP contribution in [0.4, 0.5) is 23.7 Å². The number of rotatable bonds is 11. The molecule has 0 spiro atoms. The molecule has 1 amide bonds.